The average Bonchev–Trinajstić information content (AvgIpc) is 2.72. The van der Waals surface area contributed by atoms with Gasteiger partial charge in [-0.2, -0.15) is 0 Å². The number of unbranched alkanes of at least 4 members (excludes halogenated alkanes) is 1. The number of halogens is 4. The fourth-order valence-electron chi connectivity index (χ4n) is 3.21. The summed E-state index contributed by atoms with van der Waals surface area (Å²) in [6, 6.07) is 9.49. The largest absolute Gasteiger partial charge is 0.354 e. The lowest BCUT2D eigenvalue weighted by atomic mass is 10.1. The van der Waals surface area contributed by atoms with Crippen LogP contribution in [0, 0.1) is 0 Å². The summed E-state index contributed by atoms with van der Waals surface area (Å²) in [5, 5.41) is 4.70. The van der Waals surface area contributed by atoms with Crippen LogP contribution in [0.25, 0.3) is 0 Å². The van der Waals surface area contributed by atoms with Gasteiger partial charge in [-0.1, -0.05) is 78.8 Å². The van der Waals surface area contributed by atoms with Gasteiger partial charge in [-0.05, 0) is 42.7 Å². The molecule has 0 aromatic heterocycles. The van der Waals surface area contributed by atoms with Crippen LogP contribution in [0.3, 0.4) is 0 Å². The molecule has 1 unspecified atom stereocenters. The van der Waals surface area contributed by atoms with Gasteiger partial charge in [0.2, 0.25) is 11.8 Å². The zero-order valence-electron chi connectivity index (χ0n) is 17.6. The predicted octanol–water partition coefficient (Wildman–Crippen LogP) is 6.57. The molecule has 4 nitrogen and oxygen atoms in total. The van der Waals surface area contributed by atoms with E-state index in [2.05, 4.69) is 12.2 Å². The highest BCUT2D eigenvalue weighted by molar-refractivity contribution is 6.36. The molecule has 2 amide bonds. The van der Waals surface area contributed by atoms with Gasteiger partial charge in [0, 0.05) is 38.7 Å². The molecule has 0 fully saturated rings. The van der Waals surface area contributed by atoms with Crippen molar-refractivity contribution in [3.8, 4) is 0 Å². The first kappa shape index (κ1) is 25.8. The molecule has 1 N–H and O–H groups in total. The molecule has 168 valence electrons. The topological polar surface area (TPSA) is 49.4 Å². The quantitative estimate of drug-likeness (QED) is 0.373. The molecular formula is C23H26Cl4N2O2. The van der Waals surface area contributed by atoms with E-state index < -0.39 is 6.04 Å². The first-order valence-electron chi connectivity index (χ1n) is 10.2. The Morgan fingerprint density at radius 2 is 1.68 bits per heavy atom. The van der Waals surface area contributed by atoms with E-state index in [0.717, 1.165) is 12.8 Å². The number of carbonyl (C=O) groups excluding carboxylic acids is 2. The normalized spacial score (nSPS) is 11.8. The molecule has 0 aliphatic carbocycles. The van der Waals surface area contributed by atoms with E-state index in [0.29, 0.717) is 44.2 Å². The molecular weight excluding hydrogens is 478 g/mol. The van der Waals surface area contributed by atoms with Crippen LogP contribution in [-0.4, -0.2) is 29.3 Å². The van der Waals surface area contributed by atoms with Crippen molar-refractivity contribution < 1.29 is 9.59 Å². The Hall–Kier alpha value is -1.46. The van der Waals surface area contributed by atoms with Crippen molar-refractivity contribution in [1.29, 1.82) is 0 Å². The van der Waals surface area contributed by atoms with E-state index in [9.17, 15) is 9.59 Å². The van der Waals surface area contributed by atoms with Crippen LogP contribution in [0.5, 0.6) is 0 Å². The van der Waals surface area contributed by atoms with Gasteiger partial charge < -0.3 is 10.2 Å². The Morgan fingerprint density at radius 3 is 2.26 bits per heavy atom. The third kappa shape index (κ3) is 7.28. The van der Waals surface area contributed by atoms with Crippen LogP contribution >= 0.6 is 46.4 Å². The molecule has 0 aliphatic heterocycles. The molecule has 2 aromatic rings. The van der Waals surface area contributed by atoms with Crippen molar-refractivity contribution in [2.45, 2.75) is 52.1 Å². The summed E-state index contributed by atoms with van der Waals surface area (Å²) < 4.78 is 0. The maximum absolute atomic E-state index is 13.4. The van der Waals surface area contributed by atoms with Crippen LogP contribution in [-0.2, 0) is 22.6 Å². The summed E-state index contributed by atoms with van der Waals surface area (Å²) >= 11 is 24.9. The third-order valence-corrected chi connectivity index (χ3v) is 6.26. The minimum atomic E-state index is -0.664. The number of amides is 2. The van der Waals surface area contributed by atoms with Crippen LogP contribution in [0.15, 0.2) is 36.4 Å². The summed E-state index contributed by atoms with van der Waals surface area (Å²) in [4.78, 5) is 27.8. The molecule has 0 aliphatic rings. The highest BCUT2D eigenvalue weighted by Crippen LogP contribution is 2.28. The van der Waals surface area contributed by atoms with Gasteiger partial charge in [-0.25, -0.2) is 0 Å². The van der Waals surface area contributed by atoms with Crippen molar-refractivity contribution in [3.63, 3.8) is 0 Å². The summed E-state index contributed by atoms with van der Waals surface area (Å²) in [6.07, 6.45) is 2.30. The monoisotopic (exact) mass is 502 g/mol. The fourth-order valence-corrected chi connectivity index (χ4v) is 4.20. The van der Waals surface area contributed by atoms with E-state index in [1.165, 1.54) is 4.90 Å². The first-order chi connectivity index (χ1) is 14.8. The molecule has 0 heterocycles. The number of hydrogen-bond donors (Lipinski definition) is 1. The fraction of sp³-hybridized carbons (Fsp3) is 0.391. The van der Waals surface area contributed by atoms with E-state index in [1.54, 1.807) is 36.4 Å². The van der Waals surface area contributed by atoms with Gasteiger partial charge in [-0.15, -0.1) is 0 Å². The molecule has 0 saturated carbocycles. The second kappa shape index (κ2) is 12.5. The number of carbonyl (C=O) groups is 2. The SMILES string of the molecule is CCCCNC(=O)C(CC)N(Cc1c(Cl)cccc1Cl)C(=O)Cc1ccc(Cl)cc1Cl. The van der Waals surface area contributed by atoms with E-state index in [1.807, 2.05) is 6.92 Å². The van der Waals surface area contributed by atoms with Crippen molar-refractivity contribution >= 4 is 58.2 Å². The van der Waals surface area contributed by atoms with E-state index >= 15 is 0 Å². The summed E-state index contributed by atoms with van der Waals surface area (Å²) in [5.41, 5.74) is 1.23. The zero-order chi connectivity index (χ0) is 23.0. The molecule has 0 saturated heterocycles. The Balaban J connectivity index is 2.35. The standard InChI is InChI=1S/C23H26Cl4N2O2/c1-3-5-11-28-23(31)21(4-2)29(14-17-18(25)7-6-8-19(17)26)22(30)12-15-9-10-16(24)13-20(15)27/h6-10,13,21H,3-5,11-12,14H2,1-2H3,(H,28,31). The first-order valence-corrected chi connectivity index (χ1v) is 11.7. The van der Waals surface area contributed by atoms with Crippen LogP contribution < -0.4 is 5.32 Å². The van der Waals surface area contributed by atoms with Crippen molar-refractivity contribution in [2.75, 3.05) is 6.54 Å². The Bertz CT molecular complexity index is 900. The van der Waals surface area contributed by atoms with E-state index in [-0.39, 0.29) is 24.8 Å². The second-order valence-corrected chi connectivity index (χ2v) is 8.86. The Kier molecular flexibility index (Phi) is 10.4. The number of nitrogens with zero attached hydrogens (tertiary/aromatic N) is 1. The Morgan fingerprint density at radius 1 is 1.00 bits per heavy atom. The highest BCUT2D eigenvalue weighted by atomic mass is 35.5. The highest BCUT2D eigenvalue weighted by Gasteiger charge is 2.30. The average molecular weight is 504 g/mol. The van der Waals surface area contributed by atoms with Crippen molar-refractivity contribution in [2.24, 2.45) is 0 Å². The maximum Gasteiger partial charge on any atom is 0.242 e. The zero-order valence-corrected chi connectivity index (χ0v) is 20.6. The molecule has 0 spiro atoms. The molecule has 0 radical (unpaired) electrons. The maximum atomic E-state index is 13.4. The Labute approximate surface area is 203 Å². The van der Waals surface area contributed by atoms with Gasteiger partial charge in [0.05, 0.1) is 6.42 Å². The van der Waals surface area contributed by atoms with Gasteiger partial charge in [0.15, 0.2) is 0 Å². The number of rotatable bonds is 10. The molecule has 8 heteroatoms. The van der Waals surface area contributed by atoms with Crippen molar-refractivity contribution in [3.05, 3.63) is 67.6 Å². The number of benzene rings is 2. The van der Waals surface area contributed by atoms with Crippen molar-refractivity contribution in [1.82, 2.24) is 10.2 Å². The molecule has 2 aromatic carbocycles. The minimum Gasteiger partial charge on any atom is -0.354 e. The smallest absolute Gasteiger partial charge is 0.242 e. The minimum absolute atomic E-state index is 0.0246. The van der Waals surface area contributed by atoms with E-state index in [4.69, 9.17) is 46.4 Å². The lowest BCUT2D eigenvalue weighted by Gasteiger charge is -2.31. The lowest BCUT2D eigenvalue weighted by molar-refractivity contribution is -0.140. The second-order valence-electron chi connectivity index (χ2n) is 7.20. The van der Waals surface area contributed by atoms with Crippen LogP contribution in [0.2, 0.25) is 20.1 Å². The molecule has 1 atom stereocenters. The molecule has 2 rings (SSSR count). The number of nitrogens with one attached hydrogen (secondary N) is 1. The lowest BCUT2D eigenvalue weighted by Crippen LogP contribution is -2.49. The molecule has 0 bridgehead atoms. The summed E-state index contributed by atoms with van der Waals surface area (Å²) in [7, 11) is 0. The van der Waals surface area contributed by atoms with Gasteiger partial charge in [0.1, 0.15) is 6.04 Å². The molecule has 31 heavy (non-hydrogen) atoms. The van der Waals surface area contributed by atoms with Crippen LogP contribution in [0.4, 0.5) is 0 Å². The van der Waals surface area contributed by atoms with Crippen LogP contribution in [0.1, 0.15) is 44.2 Å². The predicted molar refractivity (Wildman–Crippen MR) is 129 cm³/mol. The summed E-state index contributed by atoms with van der Waals surface area (Å²) in [6.45, 7) is 4.59. The number of hydrogen-bond acceptors (Lipinski definition) is 2. The van der Waals surface area contributed by atoms with Gasteiger partial charge in [-0.3, -0.25) is 9.59 Å². The van der Waals surface area contributed by atoms with Gasteiger partial charge >= 0.3 is 0 Å². The van der Waals surface area contributed by atoms with Gasteiger partial charge in [0.25, 0.3) is 0 Å². The third-order valence-electron chi connectivity index (χ3n) is 4.96. The summed E-state index contributed by atoms with van der Waals surface area (Å²) in [5.74, 6) is -0.452.